The van der Waals surface area contributed by atoms with E-state index < -0.39 is 10.0 Å². The van der Waals surface area contributed by atoms with Gasteiger partial charge in [0.15, 0.2) is 10.7 Å². The van der Waals surface area contributed by atoms with Crippen LogP contribution < -0.4 is 9.46 Å². The highest BCUT2D eigenvalue weighted by Crippen LogP contribution is 2.26. The molecule has 2 heterocycles. The molecule has 1 N–H and O–H groups in total. The molecule has 0 amide bonds. The average Bonchev–Trinajstić information content (AvgIpc) is 2.74. The van der Waals surface area contributed by atoms with Crippen LogP contribution in [0.15, 0.2) is 9.42 Å². The molecule has 120 valence electrons. The number of hydrogen-bond acceptors (Lipinski definition) is 7. The number of sulfonamides is 1. The van der Waals surface area contributed by atoms with Crippen molar-refractivity contribution in [1.29, 1.82) is 0 Å². The Balaban J connectivity index is 2.43. The van der Waals surface area contributed by atoms with Crippen molar-refractivity contribution in [3.63, 3.8) is 0 Å². The van der Waals surface area contributed by atoms with Crippen LogP contribution in [0.4, 0.5) is 5.69 Å². The minimum absolute atomic E-state index is 0.0279. The second-order valence-corrected chi connectivity index (χ2v) is 6.36. The van der Waals surface area contributed by atoms with Crippen molar-refractivity contribution in [2.24, 2.45) is 0 Å². The van der Waals surface area contributed by atoms with Gasteiger partial charge in [-0.3, -0.25) is 4.72 Å². The maximum atomic E-state index is 12.5. The molecule has 0 atom stereocenters. The second-order valence-electron chi connectivity index (χ2n) is 4.74. The maximum absolute atomic E-state index is 12.5. The van der Waals surface area contributed by atoms with Crippen molar-refractivity contribution >= 4 is 15.7 Å². The Morgan fingerprint density at radius 1 is 1.09 bits per heavy atom. The van der Waals surface area contributed by atoms with Crippen LogP contribution >= 0.6 is 0 Å². The summed E-state index contributed by atoms with van der Waals surface area (Å²) in [7, 11) is -3.83. The van der Waals surface area contributed by atoms with E-state index >= 15 is 0 Å². The lowest BCUT2D eigenvalue weighted by Crippen LogP contribution is -2.17. The lowest BCUT2D eigenvalue weighted by Gasteiger charge is -2.13. The van der Waals surface area contributed by atoms with Crippen molar-refractivity contribution in [2.75, 3.05) is 11.3 Å². The maximum Gasteiger partial charge on any atom is 0.316 e. The highest BCUT2D eigenvalue weighted by atomic mass is 32.2. The van der Waals surface area contributed by atoms with Crippen molar-refractivity contribution in [3.05, 3.63) is 22.8 Å². The molecule has 0 saturated heterocycles. The molecule has 2 aromatic rings. The van der Waals surface area contributed by atoms with Crippen LogP contribution in [0.3, 0.4) is 0 Å². The van der Waals surface area contributed by atoms with Gasteiger partial charge in [0.1, 0.15) is 5.69 Å². The van der Waals surface area contributed by atoms with Gasteiger partial charge in [-0.15, -0.1) is 0 Å². The summed E-state index contributed by atoms with van der Waals surface area (Å²) < 4.78 is 37.7. The predicted molar refractivity (Wildman–Crippen MR) is 79.5 cm³/mol. The Kier molecular flexibility index (Phi) is 4.36. The molecular formula is C13H18N4O4S. The van der Waals surface area contributed by atoms with Gasteiger partial charge in [-0.2, -0.15) is 9.97 Å². The number of hydrogen-bond donors (Lipinski definition) is 1. The normalized spacial score (nSPS) is 11.5. The summed E-state index contributed by atoms with van der Waals surface area (Å²) in [5.41, 5.74) is 1.58. The van der Waals surface area contributed by atoms with E-state index in [1.54, 1.807) is 27.7 Å². The van der Waals surface area contributed by atoms with E-state index in [9.17, 15) is 8.42 Å². The number of nitrogens with zero attached hydrogens (tertiary/aromatic N) is 3. The van der Waals surface area contributed by atoms with Gasteiger partial charge in [-0.1, -0.05) is 5.16 Å². The molecule has 0 fully saturated rings. The van der Waals surface area contributed by atoms with E-state index in [-0.39, 0.29) is 16.7 Å². The summed E-state index contributed by atoms with van der Waals surface area (Å²) in [6.45, 7) is 8.73. The third-order valence-electron chi connectivity index (χ3n) is 3.00. The molecular weight excluding hydrogens is 308 g/mol. The van der Waals surface area contributed by atoms with Crippen LogP contribution in [0.1, 0.15) is 29.8 Å². The molecule has 0 aliphatic heterocycles. The molecule has 2 aromatic heterocycles. The minimum atomic E-state index is -3.83. The van der Waals surface area contributed by atoms with Gasteiger partial charge in [-0.25, -0.2) is 8.42 Å². The molecule has 8 nitrogen and oxygen atoms in total. The lowest BCUT2D eigenvalue weighted by atomic mass is 10.3. The van der Waals surface area contributed by atoms with Crippen molar-refractivity contribution in [2.45, 2.75) is 39.5 Å². The smallest absolute Gasteiger partial charge is 0.316 e. The first-order valence-corrected chi connectivity index (χ1v) is 8.18. The van der Waals surface area contributed by atoms with Crippen molar-refractivity contribution in [1.82, 2.24) is 15.1 Å². The zero-order valence-corrected chi connectivity index (χ0v) is 13.9. The first kappa shape index (κ1) is 16.2. The van der Waals surface area contributed by atoms with Gasteiger partial charge in [0.25, 0.3) is 10.0 Å². The SMILES string of the molecule is CCOc1nc(C)c(NS(=O)(=O)c2c(C)noc2C)c(C)n1. The van der Waals surface area contributed by atoms with Crippen LogP contribution in [0.5, 0.6) is 6.01 Å². The van der Waals surface area contributed by atoms with Gasteiger partial charge >= 0.3 is 6.01 Å². The summed E-state index contributed by atoms with van der Waals surface area (Å²) in [4.78, 5) is 8.30. The number of aromatic nitrogens is 3. The van der Waals surface area contributed by atoms with Gasteiger partial charge in [-0.05, 0) is 34.6 Å². The molecule has 0 saturated carbocycles. The molecule has 0 bridgehead atoms. The molecule has 0 aliphatic rings. The third kappa shape index (κ3) is 3.03. The summed E-state index contributed by atoms with van der Waals surface area (Å²) in [5, 5.41) is 3.66. The molecule has 9 heteroatoms. The summed E-state index contributed by atoms with van der Waals surface area (Å²) in [6.07, 6.45) is 0. The Hall–Kier alpha value is -2.16. The van der Waals surface area contributed by atoms with E-state index in [1.165, 1.54) is 0 Å². The fourth-order valence-corrected chi connectivity index (χ4v) is 3.58. The fraction of sp³-hybridized carbons (Fsp3) is 0.462. The number of rotatable bonds is 5. The Morgan fingerprint density at radius 2 is 1.68 bits per heavy atom. The van der Waals surface area contributed by atoms with Crippen LogP contribution in [0, 0.1) is 27.7 Å². The summed E-state index contributed by atoms with van der Waals surface area (Å²) in [6, 6.07) is 0.220. The second kappa shape index (κ2) is 5.91. The molecule has 22 heavy (non-hydrogen) atoms. The van der Waals surface area contributed by atoms with Crippen molar-refractivity contribution in [3.8, 4) is 6.01 Å². The van der Waals surface area contributed by atoms with E-state index in [1.807, 2.05) is 6.92 Å². The van der Waals surface area contributed by atoms with Gasteiger partial charge in [0.2, 0.25) is 0 Å². The highest BCUT2D eigenvalue weighted by molar-refractivity contribution is 7.92. The quantitative estimate of drug-likeness (QED) is 0.894. The third-order valence-corrected chi connectivity index (χ3v) is 4.59. The Labute approximate surface area is 129 Å². The van der Waals surface area contributed by atoms with Crippen LogP contribution in [-0.2, 0) is 10.0 Å². The topological polar surface area (TPSA) is 107 Å². The number of ether oxygens (including phenoxy) is 1. The van der Waals surface area contributed by atoms with E-state index in [2.05, 4.69) is 19.8 Å². The molecule has 0 aliphatic carbocycles. The van der Waals surface area contributed by atoms with Crippen LogP contribution in [-0.4, -0.2) is 30.1 Å². The number of anilines is 1. The molecule has 0 aromatic carbocycles. The van der Waals surface area contributed by atoms with Crippen LogP contribution in [0.25, 0.3) is 0 Å². The number of aryl methyl sites for hydroxylation is 4. The Morgan fingerprint density at radius 3 is 2.14 bits per heavy atom. The largest absolute Gasteiger partial charge is 0.464 e. The predicted octanol–water partition coefficient (Wildman–Crippen LogP) is 1.90. The lowest BCUT2D eigenvalue weighted by molar-refractivity contribution is 0.311. The van der Waals surface area contributed by atoms with Gasteiger partial charge in [0, 0.05) is 0 Å². The molecule has 0 radical (unpaired) electrons. The monoisotopic (exact) mass is 326 g/mol. The first-order valence-electron chi connectivity index (χ1n) is 6.70. The zero-order valence-electron chi connectivity index (χ0n) is 13.1. The highest BCUT2D eigenvalue weighted by Gasteiger charge is 2.26. The van der Waals surface area contributed by atoms with Crippen molar-refractivity contribution < 1.29 is 17.7 Å². The first-order chi connectivity index (χ1) is 10.3. The van der Waals surface area contributed by atoms with Crippen LogP contribution in [0.2, 0.25) is 0 Å². The number of nitrogens with one attached hydrogen (secondary N) is 1. The molecule has 2 rings (SSSR count). The van der Waals surface area contributed by atoms with Gasteiger partial charge in [0.05, 0.1) is 23.7 Å². The van der Waals surface area contributed by atoms with Gasteiger partial charge < -0.3 is 9.26 Å². The van der Waals surface area contributed by atoms with E-state index in [0.29, 0.717) is 29.4 Å². The fourth-order valence-electron chi connectivity index (χ4n) is 2.07. The minimum Gasteiger partial charge on any atom is -0.464 e. The average molecular weight is 326 g/mol. The van der Waals surface area contributed by atoms with E-state index in [4.69, 9.17) is 9.26 Å². The molecule has 0 unspecified atom stereocenters. The zero-order chi connectivity index (χ0) is 16.5. The Bertz CT molecular complexity index is 756. The standard InChI is InChI=1S/C13H18N4O4S/c1-6-20-13-14-7(2)11(8(3)15-13)17-22(18,19)12-9(4)16-21-10(12)5/h17H,6H2,1-5H3. The van der Waals surface area contributed by atoms with E-state index in [0.717, 1.165) is 0 Å². The molecule has 0 spiro atoms. The summed E-state index contributed by atoms with van der Waals surface area (Å²) in [5.74, 6) is 0.229. The summed E-state index contributed by atoms with van der Waals surface area (Å²) >= 11 is 0.